The number of thiol groups is 1. The lowest BCUT2D eigenvalue weighted by Gasteiger charge is -2.32. The van der Waals surface area contributed by atoms with Crippen molar-refractivity contribution in [1.82, 2.24) is 14.7 Å². The zero-order chi connectivity index (χ0) is 41.8. The Bertz CT molecular complexity index is 2050. The molecule has 4 atom stereocenters. The SMILES string of the molecule is COc1cc2c(cc1OCCCCCC(=O)N1C[C@@H](CCl)c3c1cc(OC(=O)N1CCN(C)CC1)c1ccccc31)N(C(=O)OCC(C)SS)C(O)[C@@H]1CCCN1C2=O. The summed E-state index contributed by atoms with van der Waals surface area (Å²) in [6.07, 6.45) is 0.916. The van der Waals surface area contributed by atoms with Crippen molar-refractivity contribution in [3.05, 3.63) is 53.6 Å². The first-order valence-corrected chi connectivity index (χ1v) is 22.7. The number of methoxy groups -OCH3 is 1. The number of halogens is 1. The zero-order valence-electron chi connectivity index (χ0n) is 33.6. The van der Waals surface area contributed by atoms with Gasteiger partial charge >= 0.3 is 12.2 Å². The van der Waals surface area contributed by atoms with E-state index in [1.807, 2.05) is 44.3 Å². The minimum Gasteiger partial charge on any atom is -0.493 e. The number of rotatable bonds is 13. The van der Waals surface area contributed by atoms with Crippen LogP contribution in [0.4, 0.5) is 21.0 Å². The van der Waals surface area contributed by atoms with Crippen molar-refractivity contribution < 1.29 is 43.2 Å². The van der Waals surface area contributed by atoms with E-state index in [9.17, 15) is 24.3 Å². The van der Waals surface area contributed by atoms with Crippen molar-refractivity contribution in [1.29, 1.82) is 0 Å². The number of aliphatic hydroxyl groups excluding tert-OH is 1. The van der Waals surface area contributed by atoms with Crippen LogP contribution in [0, 0.1) is 0 Å². The molecule has 318 valence electrons. The third kappa shape index (κ3) is 9.02. The van der Waals surface area contributed by atoms with Crippen LogP contribution in [0.25, 0.3) is 10.8 Å². The molecule has 4 aliphatic rings. The standard InChI is InChI=1S/C42H52ClN5O9S2/c1-26(59-58)25-56-42(53)48-32-21-36(35(54-3)20-30(32)39(50)46-14-9-12-31(46)40(48)51)55-19-8-4-5-13-37(49)47-24-27(23-43)38-29-11-7-6-10-28(29)34(22-33(38)47)57-41(52)45-17-15-44(2)16-18-45/h6-7,10-11,20-22,26-27,31,40,51,58H,4-5,8-9,12-19,23-25H2,1-3H3/t26?,27-,31+,40?/m1/s1. The highest BCUT2D eigenvalue weighted by Gasteiger charge is 2.45. The van der Waals surface area contributed by atoms with Gasteiger partial charge in [0.25, 0.3) is 5.91 Å². The van der Waals surface area contributed by atoms with Crippen LogP contribution in [0.3, 0.4) is 0 Å². The largest absolute Gasteiger partial charge is 0.493 e. The number of alkyl halides is 1. The number of anilines is 2. The smallest absolute Gasteiger partial charge is 0.416 e. The summed E-state index contributed by atoms with van der Waals surface area (Å²) in [5.74, 6) is 0.951. The molecular formula is C42H52ClN5O9S2. The molecule has 2 saturated heterocycles. The highest BCUT2D eigenvalue weighted by Crippen LogP contribution is 2.46. The molecule has 0 spiro atoms. The molecule has 4 aliphatic heterocycles. The number of unbranched alkanes of at least 4 members (excludes halogenated alkanes) is 2. The Kier molecular flexibility index (Phi) is 13.9. The molecule has 7 rings (SSSR count). The van der Waals surface area contributed by atoms with Crippen LogP contribution in [0.1, 0.15) is 67.3 Å². The first-order valence-electron chi connectivity index (χ1n) is 20.2. The van der Waals surface area contributed by atoms with Crippen LogP contribution in [0.15, 0.2) is 42.5 Å². The number of carbonyl (C=O) groups excluding carboxylic acids is 4. The number of amides is 4. The van der Waals surface area contributed by atoms with E-state index in [0.29, 0.717) is 87.8 Å². The van der Waals surface area contributed by atoms with Gasteiger partial charge in [-0.05, 0) is 63.1 Å². The van der Waals surface area contributed by atoms with Crippen LogP contribution in [-0.2, 0) is 9.53 Å². The fourth-order valence-electron chi connectivity index (χ4n) is 8.39. The molecule has 4 amide bonds. The number of likely N-dealkylation sites (N-methyl/N-ethyl adjacent to an activating group) is 1. The topological polar surface area (TPSA) is 142 Å². The molecule has 0 saturated carbocycles. The van der Waals surface area contributed by atoms with E-state index in [2.05, 4.69) is 16.6 Å². The van der Waals surface area contributed by atoms with E-state index in [-0.39, 0.29) is 47.4 Å². The van der Waals surface area contributed by atoms with Crippen LogP contribution in [-0.4, -0.2) is 134 Å². The third-order valence-electron chi connectivity index (χ3n) is 11.6. The predicted octanol–water partition coefficient (Wildman–Crippen LogP) is 6.75. The summed E-state index contributed by atoms with van der Waals surface area (Å²) >= 11 is 10.7. The molecule has 2 unspecified atom stereocenters. The van der Waals surface area contributed by atoms with Gasteiger partial charge < -0.3 is 43.7 Å². The molecule has 1 N–H and O–H groups in total. The fourth-order valence-corrected chi connectivity index (χ4v) is 8.95. The molecule has 0 aliphatic carbocycles. The minimum atomic E-state index is -1.32. The van der Waals surface area contributed by atoms with E-state index < -0.39 is 24.5 Å². The lowest BCUT2D eigenvalue weighted by atomic mass is 9.95. The number of fused-ring (bicyclic) bond motifs is 5. The summed E-state index contributed by atoms with van der Waals surface area (Å²) in [6, 6.07) is 12.1. The van der Waals surface area contributed by atoms with Gasteiger partial charge in [0.2, 0.25) is 5.91 Å². The number of hydrogen-bond acceptors (Lipinski definition) is 12. The maximum Gasteiger partial charge on any atom is 0.416 e. The van der Waals surface area contributed by atoms with Crippen molar-refractivity contribution in [2.24, 2.45) is 0 Å². The molecule has 0 radical (unpaired) electrons. The van der Waals surface area contributed by atoms with E-state index in [0.717, 1.165) is 40.0 Å². The summed E-state index contributed by atoms with van der Waals surface area (Å²) in [7, 11) is 4.75. The van der Waals surface area contributed by atoms with Gasteiger partial charge in [-0.15, -0.1) is 23.3 Å². The Labute approximate surface area is 358 Å². The third-order valence-corrected chi connectivity index (χ3v) is 13.6. The van der Waals surface area contributed by atoms with Gasteiger partial charge in [0, 0.05) is 80.3 Å². The second-order valence-electron chi connectivity index (χ2n) is 15.5. The maximum atomic E-state index is 13.8. The van der Waals surface area contributed by atoms with E-state index >= 15 is 0 Å². The second kappa shape index (κ2) is 19.1. The number of carbonyl (C=O) groups is 4. The summed E-state index contributed by atoms with van der Waals surface area (Å²) in [6.45, 7) is 5.80. The minimum absolute atomic E-state index is 0.0445. The Morgan fingerprint density at radius 2 is 1.71 bits per heavy atom. The molecule has 59 heavy (non-hydrogen) atoms. The van der Waals surface area contributed by atoms with Crippen molar-refractivity contribution in [2.75, 3.05) is 82.3 Å². The highest BCUT2D eigenvalue weighted by atomic mass is 35.5. The number of benzene rings is 3. The maximum absolute atomic E-state index is 13.8. The first kappa shape index (κ1) is 43.0. The van der Waals surface area contributed by atoms with Crippen molar-refractivity contribution in [3.63, 3.8) is 0 Å². The molecule has 3 aromatic carbocycles. The number of piperazine rings is 1. The van der Waals surface area contributed by atoms with Gasteiger partial charge in [-0.3, -0.25) is 9.59 Å². The summed E-state index contributed by atoms with van der Waals surface area (Å²) < 4.78 is 23.4. The van der Waals surface area contributed by atoms with Gasteiger partial charge in [0.15, 0.2) is 17.7 Å². The Balaban J connectivity index is 1.01. The predicted molar refractivity (Wildman–Crippen MR) is 232 cm³/mol. The lowest BCUT2D eigenvalue weighted by Crippen LogP contribution is -2.51. The zero-order valence-corrected chi connectivity index (χ0v) is 36.1. The van der Waals surface area contributed by atoms with Crippen LogP contribution in [0.2, 0.25) is 0 Å². The molecule has 0 bridgehead atoms. The Morgan fingerprint density at radius 1 is 0.966 bits per heavy atom. The van der Waals surface area contributed by atoms with Crippen LogP contribution in [0.5, 0.6) is 17.2 Å². The normalized spacial score (nSPS) is 20.8. The van der Waals surface area contributed by atoms with Gasteiger partial charge in [0.1, 0.15) is 12.4 Å². The van der Waals surface area contributed by atoms with Gasteiger partial charge in [-0.1, -0.05) is 35.1 Å². The molecule has 4 heterocycles. The molecular weight excluding hydrogens is 818 g/mol. The van der Waals surface area contributed by atoms with Gasteiger partial charge in [-0.2, -0.15) is 0 Å². The van der Waals surface area contributed by atoms with E-state index in [1.165, 1.54) is 17.9 Å². The monoisotopic (exact) mass is 869 g/mol. The molecule has 0 aromatic heterocycles. The summed E-state index contributed by atoms with van der Waals surface area (Å²) in [5, 5.41) is 13.1. The molecule has 3 aromatic rings. The van der Waals surface area contributed by atoms with Crippen LogP contribution < -0.4 is 24.0 Å². The Hall–Kier alpha value is -4.09. The van der Waals surface area contributed by atoms with Gasteiger partial charge in [0.05, 0.1) is 36.7 Å². The van der Waals surface area contributed by atoms with Crippen molar-refractivity contribution in [2.45, 2.75) is 68.9 Å². The van der Waals surface area contributed by atoms with Crippen molar-refractivity contribution in [3.8, 4) is 17.2 Å². The fraction of sp³-hybridized carbons (Fsp3) is 0.524. The number of ether oxygens (including phenoxy) is 4. The van der Waals surface area contributed by atoms with Crippen molar-refractivity contribution >= 4 is 80.2 Å². The first-order chi connectivity index (χ1) is 28.5. The van der Waals surface area contributed by atoms with E-state index in [1.54, 1.807) is 26.8 Å². The lowest BCUT2D eigenvalue weighted by molar-refractivity contribution is -0.118. The van der Waals surface area contributed by atoms with E-state index in [4.69, 9.17) is 30.5 Å². The average Bonchev–Trinajstić information content (AvgIpc) is 3.88. The second-order valence-corrected chi connectivity index (χ2v) is 17.5. The molecule has 17 heteroatoms. The quantitative estimate of drug-likeness (QED) is 0.0816. The molecule has 2 fully saturated rings. The number of nitrogens with zero attached hydrogens (tertiary/aromatic N) is 5. The van der Waals surface area contributed by atoms with Gasteiger partial charge in [-0.25, -0.2) is 14.5 Å². The highest BCUT2D eigenvalue weighted by molar-refractivity contribution is 8.68. The van der Waals surface area contributed by atoms with Crippen LogP contribution >= 0.6 is 34.1 Å². The molecule has 14 nitrogen and oxygen atoms in total. The average molecular weight is 870 g/mol. The number of aliphatic hydroxyl groups is 1. The Morgan fingerprint density at radius 3 is 2.44 bits per heavy atom. The number of hydrogen-bond donors (Lipinski definition) is 2. The summed E-state index contributed by atoms with van der Waals surface area (Å²) in [4.78, 5) is 62.8. The summed E-state index contributed by atoms with van der Waals surface area (Å²) in [5.41, 5.74) is 2.09.